The number of nitrogens with one attached hydrogen (secondary N) is 1. The van der Waals surface area contributed by atoms with Crippen LogP contribution in [-0.2, 0) is 22.6 Å². The van der Waals surface area contributed by atoms with Crippen molar-refractivity contribution >= 4 is 34.4 Å². The fourth-order valence-electron chi connectivity index (χ4n) is 3.07. The highest BCUT2D eigenvalue weighted by molar-refractivity contribution is 6.31. The van der Waals surface area contributed by atoms with E-state index in [0.29, 0.717) is 24.4 Å². The Morgan fingerprint density at radius 2 is 2.11 bits per heavy atom. The van der Waals surface area contributed by atoms with Crippen LogP contribution in [-0.4, -0.2) is 52.0 Å². The predicted octanol–water partition coefficient (Wildman–Crippen LogP) is 1.77. The first-order valence-corrected chi connectivity index (χ1v) is 9.19. The Morgan fingerprint density at radius 1 is 1.29 bits per heavy atom. The lowest BCUT2D eigenvalue weighted by molar-refractivity contribution is -0.121. The van der Waals surface area contributed by atoms with Crippen molar-refractivity contribution in [3.63, 3.8) is 0 Å². The van der Waals surface area contributed by atoms with E-state index < -0.39 is 5.82 Å². The van der Waals surface area contributed by atoms with Gasteiger partial charge in [-0.3, -0.25) is 4.79 Å². The van der Waals surface area contributed by atoms with Crippen LogP contribution in [0.25, 0.3) is 11.0 Å². The molecule has 1 amide bonds. The third kappa shape index (κ3) is 3.90. The second-order valence-corrected chi connectivity index (χ2v) is 6.76. The third-order valence-corrected chi connectivity index (χ3v) is 4.86. The van der Waals surface area contributed by atoms with Gasteiger partial charge in [-0.15, -0.1) is 0 Å². The number of carbonyl (C=O) groups is 1. The van der Waals surface area contributed by atoms with Crippen molar-refractivity contribution in [1.29, 1.82) is 0 Å². The minimum atomic E-state index is -0.418. The number of benzene rings is 1. The monoisotopic (exact) mass is 404 g/mol. The normalized spacial score (nSPS) is 14.4. The highest BCUT2D eigenvalue weighted by Gasteiger charge is 2.18. The summed E-state index contributed by atoms with van der Waals surface area (Å²) in [6.07, 6.45) is 3.14. The van der Waals surface area contributed by atoms with Gasteiger partial charge >= 0.3 is 0 Å². The zero-order valence-electron chi connectivity index (χ0n) is 14.9. The Kier molecular flexibility index (Phi) is 5.36. The molecule has 3 heterocycles. The number of ether oxygens (including phenoxy) is 1. The van der Waals surface area contributed by atoms with E-state index in [9.17, 15) is 9.18 Å². The molecule has 0 saturated carbocycles. The molecule has 4 rings (SSSR count). The average molecular weight is 405 g/mol. The quantitative estimate of drug-likeness (QED) is 0.697. The van der Waals surface area contributed by atoms with Gasteiger partial charge < -0.3 is 15.0 Å². The van der Waals surface area contributed by atoms with Gasteiger partial charge in [0, 0.05) is 24.7 Å². The maximum Gasteiger partial charge on any atom is 0.242 e. The Labute approximate surface area is 165 Å². The Bertz CT molecular complexity index is 1000. The second kappa shape index (κ2) is 8.07. The molecule has 1 fully saturated rings. The molecular weight excluding hydrogens is 387 g/mol. The van der Waals surface area contributed by atoms with Gasteiger partial charge in [-0.05, 0) is 17.7 Å². The van der Waals surface area contributed by atoms with Crippen molar-refractivity contribution in [2.24, 2.45) is 0 Å². The Morgan fingerprint density at radius 3 is 2.89 bits per heavy atom. The highest BCUT2D eigenvalue weighted by atomic mass is 35.5. The number of hydrogen-bond donors (Lipinski definition) is 1. The van der Waals surface area contributed by atoms with Crippen LogP contribution in [0.15, 0.2) is 30.7 Å². The number of fused-ring (bicyclic) bond motifs is 1. The van der Waals surface area contributed by atoms with E-state index in [-0.39, 0.29) is 24.0 Å². The van der Waals surface area contributed by atoms with Crippen LogP contribution in [0, 0.1) is 5.82 Å². The summed E-state index contributed by atoms with van der Waals surface area (Å²) in [5.74, 6) is 0.119. The Balaban J connectivity index is 1.46. The number of nitrogens with zero attached hydrogens (tertiary/aromatic N) is 5. The van der Waals surface area contributed by atoms with Gasteiger partial charge in [-0.25, -0.2) is 19.0 Å². The standard InChI is InChI=1S/C18H18ClFN6O2/c19-15-7-13(20)2-1-12(15)8-21-16(27)10-26-18-14(9-24-26)17(22-11-23-18)25-3-5-28-6-4-25/h1-2,7,9,11H,3-6,8,10H2,(H,21,27). The number of anilines is 1. The van der Waals surface area contributed by atoms with Gasteiger partial charge in [0.1, 0.15) is 24.5 Å². The summed E-state index contributed by atoms with van der Waals surface area (Å²) in [5, 5.41) is 8.12. The van der Waals surface area contributed by atoms with E-state index in [1.807, 2.05) is 0 Å². The number of hydrogen-bond acceptors (Lipinski definition) is 6. The minimum absolute atomic E-state index is 0.00186. The summed E-state index contributed by atoms with van der Waals surface area (Å²) >= 11 is 5.99. The number of carbonyl (C=O) groups excluding carboxylic acids is 1. The zero-order chi connectivity index (χ0) is 19.5. The molecule has 1 saturated heterocycles. The molecule has 0 radical (unpaired) electrons. The van der Waals surface area contributed by atoms with Gasteiger partial charge in [-0.1, -0.05) is 17.7 Å². The first-order valence-electron chi connectivity index (χ1n) is 8.81. The first-order chi connectivity index (χ1) is 13.6. The average Bonchev–Trinajstić information content (AvgIpc) is 3.11. The van der Waals surface area contributed by atoms with Crippen LogP contribution in [0.2, 0.25) is 5.02 Å². The molecule has 0 unspecified atom stereocenters. The number of aromatic nitrogens is 4. The predicted molar refractivity (Wildman–Crippen MR) is 102 cm³/mol. The first kappa shape index (κ1) is 18.6. The molecular formula is C18H18ClFN6O2. The van der Waals surface area contributed by atoms with E-state index in [1.54, 1.807) is 12.3 Å². The third-order valence-electron chi connectivity index (χ3n) is 4.51. The maximum absolute atomic E-state index is 13.1. The summed E-state index contributed by atoms with van der Waals surface area (Å²) in [5.41, 5.74) is 1.23. The largest absolute Gasteiger partial charge is 0.378 e. The molecule has 1 aromatic carbocycles. The molecule has 10 heteroatoms. The summed E-state index contributed by atoms with van der Waals surface area (Å²) < 4.78 is 20.0. The van der Waals surface area contributed by atoms with Crippen LogP contribution < -0.4 is 10.2 Å². The lowest BCUT2D eigenvalue weighted by Crippen LogP contribution is -2.36. The molecule has 1 aliphatic rings. The van der Waals surface area contributed by atoms with Gasteiger partial charge in [0.25, 0.3) is 0 Å². The molecule has 1 N–H and O–H groups in total. The lowest BCUT2D eigenvalue weighted by atomic mass is 10.2. The molecule has 28 heavy (non-hydrogen) atoms. The van der Waals surface area contributed by atoms with E-state index in [2.05, 4.69) is 25.3 Å². The van der Waals surface area contributed by atoms with Crippen molar-refractivity contribution in [2.75, 3.05) is 31.2 Å². The summed E-state index contributed by atoms with van der Waals surface area (Å²) in [6.45, 7) is 2.99. The van der Waals surface area contributed by atoms with Gasteiger partial charge in [0.05, 0.1) is 24.8 Å². The second-order valence-electron chi connectivity index (χ2n) is 6.35. The van der Waals surface area contributed by atoms with Crippen LogP contribution in [0.3, 0.4) is 0 Å². The molecule has 1 aliphatic heterocycles. The topological polar surface area (TPSA) is 85.2 Å². The number of morpholine rings is 1. The summed E-state index contributed by atoms with van der Waals surface area (Å²) in [4.78, 5) is 23.1. The van der Waals surface area contributed by atoms with E-state index in [0.717, 1.165) is 24.3 Å². The van der Waals surface area contributed by atoms with Gasteiger partial charge in [-0.2, -0.15) is 5.10 Å². The van der Waals surface area contributed by atoms with Crippen LogP contribution >= 0.6 is 11.6 Å². The van der Waals surface area contributed by atoms with Crippen LogP contribution in [0.5, 0.6) is 0 Å². The minimum Gasteiger partial charge on any atom is -0.378 e. The smallest absolute Gasteiger partial charge is 0.242 e. The van der Waals surface area contributed by atoms with E-state index in [1.165, 1.54) is 23.1 Å². The zero-order valence-corrected chi connectivity index (χ0v) is 15.7. The number of halogens is 2. The van der Waals surface area contributed by atoms with E-state index >= 15 is 0 Å². The molecule has 146 valence electrons. The van der Waals surface area contributed by atoms with Crippen molar-refractivity contribution in [3.8, 4) is 0 Å². The lowest BCUT2D eigenvalue weighted by Gasteiger charge is -2.27. The maximum atomic E-state index is 13.1. The molecule has 0 spiro atoms. The fourth-order valence-corrected chi connectivity index (χ4v) is 3.31. The number of rotatable bonds is 5. The summed E-state index contributed by atoms with van der Waals surface area (Å²) in [7, 11) is 0. The van der Waals surface area contributed by atoms with Crippen LogP contribution in [0.1, 0.15) is 5.56 Å². The molecule has 2 aromatic heterocycles. The van der Waals surface area contributed by atoms with Crippen molar-refractivity contribution in [2.45, 2.75) is 13.1 Å². The highest BCUT2D eigenvalue weighted by Crippen LogP contribution is 2.23. The van der Waals surface area contributed by atoms with Gasteiger partial charge in [0.15, 0.2) is 5.65 Å². The fraction of sp³-hybridized carbons (Fsp3) is 0.333. The van der Waals surface area contributed by atoms with Crippen molar-refractivity contribution in [3.05, 3.63) is 47.1 Å². The molecule has 8 nitrogen and oxygen atoms in total. The molecule has 3 aromatic rings. The van der Waals surface area contributed by atoms with Crippen molar-refractivity contribution in [1.82, 2.24) is 25.1 Å². The molecule has 0 aliphatic carbocycles. The SMILES string of the molecule is O=C(Cn1ncc2c(N3CCOCC3)ncnc21)NCc1ccc(F)cc1Cl. The van der Waals surface area contributed by atoms with E-state index in [4.69, 9.17) is 16.3 Å². The van der Waals surface area contributed by atoms with Gasteiger partial charge in [0.2, 0.25) is 5.91 Å². The number of amides is 1. The Hall–Kier alpha value is -2.78. The molecule has 0 atom stereocenters. The summed E-state index contributed by atoms with van der Waals surface area (Å²) in [6, 6.07) is 4.07. The van der Waals surface area contributed by atoms with Crippen molar-refractivity contribution < 1.29 is 13.9 Å². The van der Waals surface area contributed by atoms with Crippen LogP contribution in [0.4, 0.5) is 10.2 Å². The molecule has 0 bridgehead atoms.